The highest BCUT2D eigenvalue weighted by Gasteiger charge is 2.42. The Morgan fingerprint density at radius 1 is 0.730 bits per heavy atom. The van der Waals surface area contributed by atoms with Crippen LogP contribution >= 0.6 is 22.7 Å². The molecule has 0 saturated carbocycles. The Kier molecular flexibility index (Phi) is 13.6. The average molecular weight is 899 g/mol. The lowest BCUT2D eigenvalue weighted by atomic mass is 10.0. The summed E-state index contributed by atoms with van der Waals surface area (Å²) < 4.78 is 5.55. The Balaban J connectivity index is 0.000000190. The minimum Gasteiger partial charge on any atom is -0.508 e. The van der Waals surface area contributed by atoms with Gasteiger partial charge >= 0.3 is 0 Å². The highest BCUT2D eigenvalue weighted by Crippen LogP contribution is 2.35. The zero-order chi connectivity index (χ0) is 44.9. The molecule has 9 N–H and O–H groups in total. The van der Waals surface area contributed by atoms with E-state index in [1.807, 2.05) is 6.92 Å². The third-order valence-electron chi connectivity index (χ3n) is 11.1. The number of ether oxygens (including phenoxy) is 1. The molecular formula is C43H46N8O10S2. The number of phenolic OH excluding ortho intramolecular Hbond substituents is 1. The first-order chi connectivity index (χ1) is 30.2. The second-order valence-electron chi connectivity index (χ2n) is 15.3. The Labute approximate surface area is 369 Å². The number of nitrogens with zero attached hydrogens (tertiary/aromatic N) is 2. The third kappa shape index (κ3) is 9.78. The van der Waals surface area contributed by atoms with Gasteiger partial charge in [0.1, 0.15) is 35.7 Å². The van der Waals surface area contributed by atoms with E-state index in [0.29, 0.717) is 41.7 Å². The highest BCUT2D eigenvalue weighted by molar-refractivity contribution is 7.10. The van der Waals surface area contributed by atoms with E-state index in [4.69, 9.17) is 16.2 Å². The van der Waals surface area contributed by atoms with Crippen LogP contribution in [0.3, 0.4) is 0 Å². The fourth-order valence-electron chi connectivity index (χ4n) is 7.63. The lowest BCUT2D eigenvalue weighted by Gasteiger charge is -2.29. The van der Waals surface area contributed by atoms with E-state index in [-0.39, 0.29) is 80.2 Å². The van der Waals surface area contributed by atoms with Crippen LogP contribution in [0.2, 0.25) is 0 Å². The molecule has 6 heterocycles. The minimum absolute atomic E-state index is 0.0886. The maximum atomic E-state index is 12.8. The van der Waals surface area contributed by atoms with Crippen molar-refractivity contribution in [2.45, 2.75) is 89.4 Å². The predicted octanol–water partition coefficient (Wildman–Crippen LogP) is 2.15. The van der Waals surface area contributed by atoms with Gasteiger partial charge in [0.05, 0.1) is 30.8 Å². The highest BCUT2D eigenvalue weighted by atomic mass is 32.1. The minimum atomic E-state index is -0.889. The number of piperidine rings is 2. The van der Waals surface area contributed by atoms with Crippen LogP contribution in [-0.2, 0) is 54.9 Å². The zero-order valence-electron chi connectivity index (χ0n) is 34.1. The molecule has 2 fully saturated rings. The summed E-state index contributed by atoms with van der Waals surface area (Å²) in [5.74, 6) is -1.91. The van der Waals surface area contributed by atoms with Gasteiger partial charge in [-0.3, -0.25) is 49.0 Å². The standard InChI is InChI=1S/C23H26N4O5S.C20H20N4O5S/c1-2-9-32-14-5-3-13(4-6-14)20(24)22(30)25-10-18-15-11-27(23(31)16(15)12-33-18)17-7-8-19(28)26-21(17)29;21-17(10-1-3-11(25)4-2-10)19(28)22-7-15-12-8-24(20(29)13(12)9-30-15)14-5-6-16(26)23-18(14)27/h3-6,12,17,20H,2,7-11,24H2,1H3,(H,25,30)(H,26,28,29);1-4,9,14,17,25H,5-8,21H2,(H,22,28)(H,23,26,27). The summed E-state index contributed by atoms with van der Waals surface area (Å²) in [4.78, 5) is 102. The predicted molar refractivity (Wildman–Crippen MR) is 229 cm³/mol. The first-order valence-electron chi connectivity index (χ1n) is 20.3. The summed E-state index contributed by atoms with van der Waals surface area (Å²) in [5.41, 5.74) is 16.0. The van der Waals surface area contributed by atoms with Crippen molar-refractivity contribution in [1.29, 1.82) is 0 Å². The molecule has 2 saturated heterocycles. The van der Waals surface area contributed by atoms with Crippen molar-refractivity contribution in [3.8, 4) is 11.5 Å². The zero-order valence-corrected chi connectivity index (χ0v) is 35.8. The number of thiophene rings is 2. The summed E-state index contributed by atoms with van der Waals surface area (Å²) in [5, 5.41) is 23.0. The number of nitrogens with one attached hydrogen (secondary N) is 4. The molecule has 4 aliphatic heterocycles. The van der Waals surface area contributed by atoms with Crippen molar-refractivity contribution >= 4 is 69.9 Å². The Morgan fingerprint density at radius 2 is 1.16 bits per heavy atom. The molecule has 2 aromatic carbocycles. The van der Waals surface area contributed by atoms with Crippen LogP contribution in [-0.4, -0.2) is 80.9 Å². The van der Waals surface area contributed by atoms with Crippen LogP contribution in [0.15, 0.2) is 59.3 Å². The van der Waals surface area contributed by atoms with Crippen LogP contribution in [0, 0.1) is 0 Å². The fraction of sp³-hybridized carbons (Fsp3) is 0.349. The van der Waals surface area contributed by atoms with Gasteiger partial charge in [0.25, 0.3) is 11.8 Å². The van der Waals surface area contributed by atoms with Crippen molar-refractivity contribution in [2.75, 3.05) is 6.61 Å². The lowest BCUT2D eigenvalue weighted by molar-refractivity contribution is -0.138. The molecule has 63 heavy (non-hydrogen) atoms. The molecule has 330 valence electrons. The number of rotatable bonds is 13. The number of phenols is 1. The van der Waals surface area contributed by atoms with E-state index in [1.54, 1.807) is 47.2 Å². The molecule has 4 aromatic rings. The number of carbonyl (C=O) groups excluding carboxylic acids is 8. The van der Waals surface area contributed by atoms with Gasteiger partial charge in [0, 0.05) is 46.4 Å². The van der Waals surface area contributed by atoms with E-state index in [0.717, 1.165) is 33.1 Å². The van der Waals surface area contributed by atoms with Crippen molar-refractivity contribution in [1.82, 2.24) is 31.1 Å². The first-order valence-corrected chi connectivity index (χ1v) is 22.1. The number of fused-ring (bicyclic) bond motifs is 2. The lowest BCUT2D eigenvalue weighted by Crippen LogP contribution is -2.52. The maximum absolute atomic E-state index is 12.8. The third-order valence-corrected chi connectivity index (χ3v) is 13.2. The second kappa shape index (κ2) is 19.3. The van der Waals surface area contributed by atoms with Crippen LogP contribution < -0.4 is 37.5 Å². The van der Waals surface area contributed by atoms with Crippen molar-refractivity contribution < 1.29 is 48.2 Å². The van der Waals surface area contributed by atoms with Gasteiger partial charge in [-0.05, 0) is 65.8 Å². The number of amides is 8. The number of hydrogen-bond acceptors (Lipinski definition) is 14. The van der Waals surface area contributed by atoms with E-state index in [2.05, 4.69) is 21.3 Å². The molecule has 20 heteroatoms. The van der Waals surface area contributed by atoms with Gasteiger partial charge in [-0.25, -0.2) is 0 Å². The van der Waals surface area contributed by atoms with E-state index in [9.17, 15) is 43.5 Å². The van der Waals surface area contributed by atoms with Gasteiger partial charge in [-0.2, -0.15) is 0 Å². The fourth-order valence-corrected chi connectivity index (χ4v) is 9.58. The Bertz CT molecular complexity index is 2450. The molecule has 0 aliphatic carbocycles. The molecule has 18 nitrogen and oxygen atoms in total. The monoisotopic (exact) mass is 898 g/mol. The molecule has 0 spiro atoms. The first kappa shape index (κ1) is 44.6. The molecule has 8 rings (SSSR count). The van der Waals surface area contributed by atoms with E-state index in [1.165, 1.54) is 44.6 Å². The maximum Gasteiger partial charge on any atom is 0.256 e. The van der Waals surface area contributed by atoms with Gasteiger partial charge in [-0.1, -0.05) is 31.2 Å². The van der Waals surface area contributed by atoms with Crippen molar-refractivity contribution in [3.63, 3.8) is 0 Å². The summed E-state index contributed by atoms with van der Waals surface area (Å²) in [7, 11) is 0. The van der Waals surface area contributed by atoms with Gasteiger partial charge in [-0.15, -0.1) is 22.7 Å². The molecule has 0 bridgehead atoms. The number of aromatic hydroxyl groups is 1. The number of hydrogen-bond donors (Lipinski definition) is 7. The number of carbonyl (C=O) groups is 8. The van der Waals surface area contributed by atoms with Crippen molar-refractivity contribution in [3.05, 3.63) is 102 Å². The van der Waals surface area contributed by atoms with Crippen LogP contribution in [0.25, 0.3) is 0 Å². The number of benzene rings is 2. The molecule has 4 aliphatic rings. The molecular weight excluding hydrogens is 853 g/mol. The molecule has 0 radical (unpaired) electrons. The Morgan fingerprint density at radius 3 is 1.57 bits per heavy atom. The summed E-state index contributed by atoms with van der Waals surface area (Å²) in [6, 6.07) is 10.2. The summed E-state index contributed by atoms with van der Waals surface area (Å²) in [6.07, 6.45) is 1.93. The Hall–Kier alpha value is -6.48. The summed E-state index contributed by atoms with van der Waals surface area (Å²) in [6.45, 7) is 3.64. The van der Waals surface area contributed by atoms with Crippen LogP contribution in [0.4, 0.5) is 0 Å². The average Bonchev–Trinajstić information content (AvgIpc) is 4.04. The normalized spacial score (nSPS) is 19.0. The number of nitrogens with two attached hydrogens (primary N) is 2. The summed E-state index contributed by atoms with van der Waals surface area (Å²) >= 11 is 2.76. The van der Waals surface area contributed by atoms with Crippen LogP contribution in [0.5, 0.6) is 11.5 Å². The topological polar surface area (TPSA) is 273 Å². The second-order valence-corrected chi connectivity index (χ2v) is 17.2. The molecule has 4 unspecified atom stereocenters. The van der Waals surface area contributed by atoms with E-state index < -0.39 is 36.0 Å². The van der Waals surface area contributed by atoms with E-state index >= 15 is 0 Å². The van der Waals surface area contributed by atoms with Gasteiger partial charge in [0.15, 0.2) is 0 Å². The van der Waals surface area contributed by atoms with Crippen LogP contribution in [0.1, 0.15) is 104 Å². The molecule has 2 aromatic heterocycles. The molecule has 8 amide bonds. The van der Waals surface area contributed by atoms with Gasteiger partial charge < -0.3 is 41.7 Å². The van der Waals surface area contributed by atoms with Crippen molar-refractivity contribution in [2.24, 2.45) is 11.5 Å². The largest absolute Gasteiger partial charge is 0.508 e. The van der Waals surface area contributed by atoms with Gasteiger partial charge in [0.2, 0.25) is 35.4 Å². The number of imide groups is 2. The SMILES string of the molecule is CCCOc1ccc(C(N)C(=O)NCc2scc3c2CN(C2CCC(=O)NC2=O)C3=O)cc1.NC(C(=O)NCc1scc2c1CN(C1CCC(=O)NC1=O)C2=O)c1ccc(O)cc1. The smallest absolute Gasteiger partial charge is 0.256 e. The molecule has 4 atom stereocenters. The quantitative estimate of drug-likeness (QED) is 0.0952.